The van der Waals surface area contributed by atoms with Crippen LogP contribution in [0.5, 0.6) is 11.5 Å². The second-order valence-corrected chi connectivity index (χ2v) is 6.57. The first kappa shape index (κ1) is 18.1. The van der Waals surface area contributed by atoms with Crippen LogP contribution in [0.1, 0.15) is 5.56 Å². The van der Waals surface area contributed by atoms with E-state index in [9.17, 15) is 19.7 Å². The zero-order valence-corrected chi connectivity index (χ0v) is 15.3. The molecule has 0 unspecified atom stereocenters. The normalized spacial score (nSPS) is 16.6. The number of rotatable bonds is 3. The minimum absolute atomic E-state index is 0.0312. The first-order chi connectivity index (χ1) is 13.3. The van der Waals surface area contributed by atoms with Crippen LogP contribution in [-0.4, -0.2) is 23.5 Å². The van der Waals surface area contributed by atoms with Crippen LogP contribution < -0.4 is 19.9 Å². The van der Waals surface area contributed by atoms with Gasteiger partial charge in [-0.05, 0) is 30.3 Å². The zero-order chi connectivity index (χ0) is 20.0. The van der Waals surface area contributed by atoms with E-state index in [1.54, 1.807) is 0 Å². The Morgan fingerprint density at radius 2 is 1.82 bits per heavy atom. The number of nitro groups is 1. The molecule has 1 fully saturated rings. The molecule has 0 aromatic heterocycles. The van der Waals surface area contributed by atoms with Gasteiger partial charge in [0.15, 0.2) is 11.5 Å². The van der Waals surface area contributed by atoms with Gasteiger partial charge in [0.1, 0.15) is 5.57 Å². The Morgan fingerprint density at radius 3 is 2.50 bits per heavy atom. The maximum Gasteiger partial charge on any atom is 0.282 e. The summed E-state index contributed by atoms with van der Waals surface area (Å²) in [6.45, 7) is -0.0724. The van der Waals surface area contributed by atoms with Crippen molar-refractivity contribution in [2.45, 2.75) is 0 Å². The molecule has 0 atom stereocenters. The van der Waals surface area contributed by atoms with Crippen molar-refractivity contribution in [2.75, 3.05) is 11.8 Å². The largest absolute Gasteiger partial charge is 0.454 e. The maximum atomic E-state index is 12.7. The fourth-order valence-corrected chi connectivity index (χ4v) is 3.03. The van der Waals surface area contributed by atoms with Crippen molar-refractivity contribution in [3.05, 3.63) is 61.6 Å². The number of benzene rings is 2. The van der Waals surface area contributed by atoms with Crippen molar-refractivity contribution >= 4 is 52.5 Å². The number of amides is 2. The van der Waals surface area contributed by atoms with Crippen LogP contribution in [0.25, 0.3) is 6.08 Å². The molecule has 0 spiro atoms. The number of hydrogen-bond acceptors (Lipinski definition) is 6. The van der Waals surface area contributed by atoms with Crippen LogP contribution in [0.2, 0.25) is 10.0 Å². The predicted octanol–water partition coefficient (Wildman–Crippen LogP) is 3.09. The summed E-state index contributed by atoms with van der Waals surface area (Å²) in [5.41, 5.74) is 2.09. The molecule has 9 nitrogen and oxygen atoms in total. The molecule has 142 valence electrons. The van der Waals surface area contributed by atoms with E-state index in [1.165, 1.54) is 30.3 Å². The van der Waals surface area contributed by atoms with Crippen molar-refractivity contribution in [1.82, 2.24) is 5.43 Å². The average Bonchev–Trinajstić information content (AvgIpc) is 3.22. The number of hydrogen-bond donors (Lipinski definition) is 1. The number of nitrogens with one attached hydrogen (secondary N) is 1. The Hall–Kier alpha value is -3.30. The van der Waals surface area contributed by atoms with Gasteiger partial charge >= 0.3 is 0 Å². The van der Waals surface area contributed by atoms with E-state index in [0.717, 1.165) is 11.1 Å². The van der Waals surface area contributed by atoms with E-state index in [1.807, 2.05) is 0 Å². The lowest BCUT2D eigenvalue weighted by molar-refractivity contribution is -0.385. The number of ether oxygens (including phenoxy) is 2. The Labute approximate surface area is 167 Å². The molecular formula is C17H9Cl2N3O6. The molecule has 2 aliphatic rings. The summed E-state index contributed by atoms with van der Waals surface area (Å²) in [7, 11) is 0. The van der Waals surface area contributed by atoms with Crippen molar-refractivity contribution in [1.29, 1.82) is 0 Å². The van der Waals surface area contributed by atoms with Gasteiger partial charge < -0.3 is 9.47 Å². The number of carbonyl (C=O) groups is 2. The third-order valence-corrected chi connectivity index (χ3v) is 4.81. The van der Waals surface area contributed by atoms with Crippen molar-refractivity contribution in [3.8, 4) is 11.5 Å². The summed E-state index contributed by atoms with van der Waals surface area (Å²) in [5.74, 6) is -0.920. The first-order valence-corrected chi connectivity index (χ1v) is 8.51. The molecule has 2 aromatic carbocycles. The van der Waals surface area contributed by atoms with Gasteiger partial charge in [-0.2, -0.15) is 0 Å². The van der Waals surface area contributed by atoms with E-state index in [4.69, 9.17) is 32.7 Å². The quantitative estimate of drug-likeness (QED) is 0.352. The Bertz CT molecular complexity index is 1080. The third-order valence-electron chi connectivity index (χ3n) is 4.07. The molecule has 2 aliphatic heterocycles. The van der Waals surface area contributed by atoms with Crippen LogP contribution in [0.15, 0.2) is 35.9 Å². The molecule has 0 bridgehead atoms. The molecule has 0 aliphatic carbocycles. The van der Waals surface area contributed by atoms with Gasteiger partial charge in [-0.1, -0.05) is 23.2 Å². The summed E-state index contributed by atoms with van der Waals surface area (Å²) < 4.78 is 10.3. The van der Waals surface area contributed by atoms with E-state index in [2.05, 4.69) is 5.43 Å². The molecular weight excluding hydrogens is 413 g/mol. The highest BCUT2D eigenvalue weighted by Gasteiger charge is 2.35. The number of nitrogens with zero attached hydrogens (tertiary/aromatic N) is 2. The first-order valence-electron chi connectivity index (χ1n) is 7.75. The number of nitro benzene ring substituents is 1. The summed E-state index contributed by atoms with van der Waals surface area (Å²) in [6, 6.07) is 6.91. The predicted molar refractivity (Wildman–Crippen MR) is 99.3 cm³/mol. The van der Waals surface area contributed by atoms with Crippen molar-refractivity contribution < 1.29 is 24.0 Å². The second kappa shape index (κ2) is 6.70. The van der Waals surface area contributed by atoms with E-state index < -0.39 is 16.7 Å². The Morgan fingerprint density at radius 1 is 1.11 bits per heavy atom. The molecule has 2 heterocycles. The van der Waals surface area contributed by atoms with Gasteiger partial charge in [-0.3, -0.25) is 25.1 Å². The minimum atomic E-state index is -0.719. The summed E-state index contributed by atoms with van der Waals surface area (Å²) >= 11 is 11.8. The van der Waals surface area contributed by atoms with Crippen LogP contribution in [-0.2, 0) is 9.59 Å². The highest BCUT2D eigenvalue weighted by molar-refractivity contribution is 6.42. The van der Waals surface area contributed by atoms with Crippen LogP contribution in [0, 0.1) is 10.1 Å². The highest BCUT2D eigenvalue weighted by Crippen LogP contribution is 2.39. The molecule has 2 aromatic rings. The lowest BCUT2D eigenvalue weighted by Crippen LogP contribution is -2.35. The molecule has 4 rings (SSSR count). The van der Waals surface area contributed by atoms with Crippen LogP contribution >= 0.6 is 23.2 Å². The molecule has 1 saturated heterocycles. The van der Waals surface area contributed by atoms with E-state index in [-0.39, 0.29) is 50.8 Å². The minimum Gasteiger partial charge on any atom is -0.454 e. The van der Waals surface area contributed by atoms with Gasteiger partial charge in [-0.15, -0.1) is 0 Å². The number of fused-ring (bicyclic) bond motifs is 1. The lowest BCUT2D eigenvalue weighted by Gasteiger charge is -2.15. The molecule has 0 saturated carbocycles. The number of anilines is 1. The standard InChI is InChI=1S/C17H9Cl2N3O6/c18-11-2-1-9(5-12(11)19)21-17(24)10(16(23)20-21)3-8-4-14-15(28-7-27-14)6-13(8)22(25)26/h1-6H,7H2,(H,20,23)/b10-3-. The van der Waals surface area contributed by atoms with Crippen molar-refractivity contribution in [3.63, 3.8) is 0 Å². The molecule has 28 heavy (non-hydrogen) atoms. The monoisotopic (exact) mass is 421 g/mol. The molecule has 0 radical (unpaired) electrons. The van der Waals surface area contributed by atoms with Crippen LogP contribution in [0.4, 0.5) is 11.4 Å². The third kappa shape index (κ3) is 3.00. The molecule has 1 N–H and O–H groups in total. The summed E-state index contributed by atoms with van der Waals surface area (Å²) in [5, 5.41) is 12.8. The highest BCUT2D eigenvalue weighted by atomic mass is 35.5. The second-order valence-electron chi connectivity index (χ2n) is 5.76. The SMILES string of the molecule is O=C1NN(c2ccc(Cl)c(Cl)c2)C(=O)/C1=C\c1cc2c(cc1[N+](=O)[O-])OCO2. The zero-order valence-electron chi connectivity index (χ0n) is 13.8. The van der Waals surface area contributed by atoms with Gasteiger partial charge in [0, 0.05) is 0 Å². The van der Waals surface area contributed by atoms with E-state index >= 15 is 0 Å². The molecule has 11 heteroatoms. The maximum absolute atomic E-state index is 12.7. The Balaban J connectivity index is 1.74. The topological polar surface area (TPSA) is 111 Å². The van der Waals surface area contributed by atoms with Gasteiger partial charge in [-0.25, -0.2) is 5.01 Å². The summed E-state index contributed by atoms with van der Waals surface area (Å²) in [6.07, 6.45) is 1.13. The van der Waals surface area contributed by atoms with Gasteiger partial charge in [0.2, 0.25) is 6.79 Å². The smallest absolute Gasteiger partial charge is 0.282 e. The summed E-state index contributed by atoms with van der Waals surface area (Å²) in [4.78, 5) is 35.8. The van der Waals surface area contributed by atoms with Crippen molar-refractivity contribution in [2.24, 2.45) is 0 Å². The van der Waals surface area contributed by atoms with Crippen LogP contribution in [0.3, 0.4) is 0 Å². The Kier molecular flexibility index (Phi) is 4.33. The fourth-order valence-electron chi connectivity index (χ4n) is 2.74. The lowest BCUT2D eigenvalue weighted by atomic mass is 10.1. The van der Waals surface area contributed by atoms with E-state index in [0.29, 0.717) is 0 Å². The number of carbonyl (C=O) groups excluding carboxylic acids is 2. The number of halogens is 2. The fraction of sp³-hybridized carbons (Fsp3) is 0.0588. The van der Waals surface area contributed by atoms with Gasteiger partial charge in [0.25, 0.3) is 17.5 Å². The average molecular weight is 422 g/mol. The van der Waals surface area contributed by atoms with Gasteiger partial charge in [0.05, 0.1) is 32.3 Å². The molecule has 2 amide bonds. The number of hydrazine groups is 1.